The summed E-state index contributed by atoms with van der Waals surface area (Å²) in [6.45, 7) is 4.73. The molecule has 4 aliphatic rings. The topological polar surface area (TPSA) is 38.3 Å². The minimum Gasteiger partial charge on any atom is -0.466 e. The average Bonchev–Trinajstić information content (AvgIpc) is 2.38. The molecule has 4 heteroatoms. The normalized spacial score (nSPS) is 44.1. The molecule has 2 heterocycles. The standard InChI is InChI=1S/C15H25NO2.ClH/c1-3-18-14(17)12-9-15-7-5-4-6-11(15)8-13(12)16-10(15)2;/h10-13,16H,3-9H2,1-2H3;1H. The van der Waals surface area contributed by atoms with Crippen molar-refractivity contribution in [2.75, 3.05) is 6.61 Å². The van der Waals surface area contributed by atoms with Crippen LogP contribution in [-0.2, 0) is 9.53 Å². The molecule has 0 radical (unpaired) electrons. The molecule has 0 aromatic heterocycles. The van der Waals surface area contributed by atoms with Gasteiger partial charge in [0.25, 0.3) is 0 Å². The summed E-state index contributed by atoms with van der Waals surface area (Å²) in [4.78, 5) is 12.1. The van der Waals surface area contributed by atoms with Crippen molar-refractivity contribution in [3.8, 4) is 0 Å². The fourth-order valence-electron chi connectivity index (χ4n) is 4.90. The Bertz CT molecular complexity index is 349. The Kier molecular flexibility index (Phi) is 4.46. The highest BCUT2D eigenvalue weighted by atomic mass is 35.5. The van der Waals surface area contributed by atoms with Gasteiger partial charge in [-0.3, -0.25) is 4.79 Å². The van der Waals surface area contributed by atoms with E-state index in [9.17, 15) is 4.79 Å². The van der Waals surface area contributed by atoms with Gasteiger partial charge in [-0.15, -0.1) is 12.4 Å². The maximum atomic E-state index is 12.1. The number of hydrogen-bond donors (Lipinski definition) is 1. The number of carbonyl (C=O) groups excluding carboxylic acids is 1. The lowest BCUT2D eigenvalue weighted by Gasteiger charge is -2.61. The molecule has 2 aliphatic carbocycles. The molecule has 0 aromatic carbocycles. The first kappa shape index (κ1) is 15.1. The number of nitrogens with one attached hydrogen (secondary N) is 1. The number of ether oxygens (including phenoxy) is 1. The molecular weight excluding hydrogens is 262 g/mol. The Morgan fingerprint density at radius 1 is 1.42 bits per heavy atom. The number of halogens is 1. The van der Waals surface area contributed by atoms with Gasteiger partial charge < -0.3 is 10.1 Å². The zero-order valence-corrected chi connectivity index (χ0v) is 12.8. The zero-order chi connectivity index (χ0) is 12.8. The minimum atomic E-state index is 0. The molecule has 4 rings (SSSR count). The number of fused-ring (bicyclic) bond motifs is 2. The van der Waals surface area contributed by atoms with Crippen molar-refractivity contribution in [2.45, 2.75) is 64.5 Å². The van der Waals surface area contributed by atoms with Crippen LogP contribution >= 0.6 is 12.4 Å². The SMILES string of the molecule is CCOC(=O)C1CC23CCCCC2CC1NC3C.Cl. The van der Waals surface area contributed by atoms with E-state index in [2.05, 4.69) is 12.2 Å². The molecule has 1 N–H and O–H groups in total. The van der Waals surface area contributed by atoms with Crippen LogP contribution in [0.15, 0.2) is 0 Å². The lowest BCUT2D eigenvalue weighted by Crippen LogP contribution is -2.67. The van der Waals surface area contributed by atoms with E-state index in [1.807, 2.05) is 6.92 Å². The maximum absolute atomic E-state index is 12.1. The van der Waals surface area contributed by atoms with Gasteiger partial charge in [-0.25, -0.2) is 0 Å². The summed E-state index contributed by atoms with van der Waals surface area (Å²) in [7, 11) is 0. The lowest BCUT2D eigenvalue weighted by atomic mass is 9.50. The summed E-state index contributed by atoms with van der Waals surface area (Å²) in [5, 5.41) is 3.69. The van der Waals surface area contributed by atoms with Crippen molar-refractivity contribution in [1.29, 1.82) is 0 Å². The first-order valence-corrected chi connectivity index (χ1v) is 7.60. The Labute approximate surface area is 122 Å². The van der Waals surface area contributed by atoms with Crippen molar-refractivity contribution in [2.24, 2.45) is 17.3 Å². The highest BCUT2D eigenvalue weighted by molar-refractivity contribution is 5.85. The van der Waals surface area contributed by atoms with Gasteiger partial charge in [0.1, 0.15) is 0 Å². The van der Waals surface area contributed by atoms with Crippen LogP contribution < -0.4 is 5.32 Å². The van der Waals surface area contributed by atoms with Gasteiger partial charge in [0, 0.05) is 12.1 Å². The summed E-state index contributed by atoms with van der Waals surface area (Å²) in [5.74, 6) is 0.985. The molecule has 0 aromatic rings. The van der Waals surface area contributed by atoms with Crippen LogP contribution in [-0.4, -0.2) is 24.7 Å². The highest BCUT2D eigenvalue weighted by Gasteiger charge is 2.57. The summed E-state index contributed by atoms with van der Waals surface area (Å²) >= 11 is 0. The third-order valence-electron chi connectivity index (χ3n) is 5.80. The van der Waals surface area contributed by atoms with Gasteiger partial charge in [-0.05, 0) is 50.9 Å². The van der Waals surface area contributed by atoms with Gasteiger partial charge in [-0.2, -0.15) is 0 Å². The molecule has 1 spiro atoms. The molecule has 110 valence electrons. The fourth-order valence-corrected chi connectivity index (χ4v) is 4.90. The van der Waals surface area contributed by atoms with Crippen molar-refractivity contribution < 1.29 is 9.53 Å². The van der Waals surface area contributed by atoms with E-state index in [0.29, 0.717) is 24.1 Å². The highest BCUT2D eigenvalue weighted by Crippen LogP contribution is 2.57. The van der Waals surface area contributed by atoms with Crippen LogP contribution in [0.25, 0.3) is 0 Å². The third-order valence-corrected chi connectivity index (χ3v) is 5.80. The summed E-state index contributed by atoms with van der Waals surface area (Å²) in [5.41, 5.74) is 0.379. The van der Waals surface area contributed by atoms with E-state index in [1.54, 1.807) is 0 Å². The Hall–Kier alpha value is -0.280. The quantitative estimate of drug-likeness (QED) is 0.794. The van der Waals surface area contributed by atoms with E-state index in [-0.39, 0.29) is 24.3 Å². The van der Waals surface area contributed by atoms with Crippen LogP contribution in [0.2, 0.25) is 0 Å². The van der Waals surface area contributed by atoms with E-state index in [1.165, 1.54) is 32.1 Å². The predicted molar refractivity (Wildman–Crippen MR) is 77.4 cm³/mol. The van der Waals surface area contributed by atoms with Crippen LogP contribution in [0.4, 0.5) is 0 Å². The molecule has 4 fully saturated rings. The Balaban J connectivity index is 0.00000133. The molecule has 2 aliphatic heterocycles. The van der Waals surface area contributed by atoms with Crippen LogP contribution in [0.5, 0.6) is 0 Å². The monoisotopic (exact) mass is 287 g/mol. The Morgan fingerprint density at radius 3 is 2.95 bits per heavy atom. The van der Waals surface area contributed by atoms with Crippen LogP contribution in [0.1, 0.15) is 52.4 Å². The van der Waals surface area contributed by atoms with Crippen molar-refractivity contribution in [3.05, 3.63) is 0 Å². The van der Waals surface area contributed by atoms with Gasteiger partial charge in [0.05, 0.1) is 12.5 Å². The number of esters is 1. The maximum Gasteiger partial charge on any atom is 0.310 e. The van der Waals surface area contributed by atoms with E-state index >= 15 is 0 Å². The number of piperidine rings is 2. The van der Waals surface area contributed by atoms with E-state index in [4.69, 9.17) is 4.74 Å². The molecule has 0 amide bonds. The lowest BCUT2D eigenvalue weighted by molar-refractivity contribution is -0.161. The molecule has 2 bridgehead atoms. The number of rotatable bonds is 2. The smallest absolute Gasteiger partial charge is 0.310 e. The van der Waals surface area contributed by atoms with Crippen molar-refractivity contribution in [1.82, 2.24) is 5.32 Å². The van der Waals surface area contributed by atoms with E-state index in [0.717, 1.165) is 12.3 Å². The second-order valence-corrected chi connectivity index (χ2v) is 6.47. The molecule has 5 atom stereocenters. The largest absolute Gasteiger partial charge is 0.466 e. The van der Waals surface area contributed by atoms with Crippen LogP contribution in [0.3, 0.4) is 0 Å². The Morgan fingerprint density at radius 2 is 2.21 bits per heavy atom. The minimum absolute atomic E-state index is 0. The molecule has 19 heavy (non-hydrogen) atoms. The third kappa shape index (κ3) is 2.29. The second kappa shape index (κ2) is 5.61. The number of carbonyl (C=O) groups is 1. The average molecular weight is 288 g/mol. The summed E-state index contributed by atoms with van der Waals surface area (Å²) < 4.78 is 5.27. The predicted octanol–water partition coefficient (Wildman–Crippen LogP) is 2.92. The fraction of sp³-hybridized carbons (Fsp3) is 0.933. The second-order valence-electron chi connectivity index (χ2n) is 6.47. The van der Waals surface area contributed by atoms with Crippen molar-refractivity contribution >= 4 is 18.4 Å². The summed E-state index contributed by atoms with van der Waals surface area (Å²) in [6.07, 6.45) is 7.65. The summed E-state index contributed by atoms with van der Waals surface area (Å²) in [6, 6.07) is 0.941. The molecule has 5 unspecified atom stereocenters. The zero-order valence-electron chi connectivity index (χ0n) is 12.0. The van der Waals surface area contributed by atoms with E-state index < -0.39 is 0 Å². The molecule has 2 saturated heterocycles. The number of hydrogen-bond acceptors (Lipinski definition) is 3. The van der Waals surface area contributed by atoms with Gasteiger partial charge in [0.2, 0.25) is 0 Å². The van der Waals surface area contributed by atoms with Gasteiger partial charge >= 0.3 is 5.97 Å². The van der Waals surface area contributed by atoms with Gasteiger partial charge in [0.15, 0.2) is 0 Å². The van der Waals surface area contributed by atoms with Crippen LogP contribution in [0, 0.1) is 17.3 Å². The first-order valence-electron chi connectivity index (χ1n) is 7.60. The van der Waals surface area contributed by atoms with Gasteiger partial charge in [-0.1, -0.05) is 12.8 Å². The molecular formula is C15H26ClNO2. The molecule has 3 nitrogen and oxygen atoms in total. The molecule has 2 saturated carbocycles. The first-order chi connectivity index (χ1) is 8.67. The van der Waals surface area contributed by atoms with Crippen molar-refractivity contribution in [3.63, 3.8) is 0 Å².